The van der Waals surface area contributed by atoms with E-state index in [-0.39, 0.29) is 18.6 Å². The van der Waals surface area contributed by atoms with Gasteiger partial charge in [0.15, 0.2) is 5.78 Å². The Morgan fingerprint density at radius 2 is 1.61 bits per heavy atom. The number of carbonyl (C=O) groups excluding carboxylic acids is 1. The molecule has 0 N–H and O–H groups in total. The van der Waals surface area contributed by atoms with E-state index in [0.29, 0.717) is 18.4 Å². The van der Waals surface area contributed by atoms with E-state index in [1.807, 2.05) is 6.07 Å². The van der Waals surface area contributed by atoms with Crippen molar-refractivity contribution in [1.82, 2.24) is 0 Å². The molecule has 0 bridgehead atoms. The highest BCUT2D eigenvalue weighted by atomic mass is 19.4. The molecule has 0 radical (unpaired) electrons. The zero-order chi connectivity index (χ0) is 13.6. The number of allylic oxidation sites excluding steroid dienone is 1. The zero-order valence-corrected chi connectivity index (χ0v) is 9.96. The Morgan fingerprint density at radius 1 is 1.06 bits per heavy atom. The monoisotopic (exact) mass is 256 g/mol. The zero-order valence-electron chi connectivity index (χ0n) is 9.96. The molecule has 98 valence electrons. The van der Waals surface area contributed by atoms with Gasteiger partial charge in [0.05, 0.1) is 0 Å². The van der Waals surface area contributed by atoms with Gasteiger partial charge in [-0.25, -0.2) is 0 Å². The van der Waals surface area contributed by atoms with Crippen LogP contribution in [-0.2, 0) is 0 Å². The van der Waals surface area contributed by atoms with Gasteiger partial charge in [-0.2, -0.15) is 13.2 Å². The number of rotatable bonds is 6. The number of Topliss-reactive ketones (excluding diaryl/α,β-unsaturated/α-hetero) is 1. The molecule has 0 aliphatic carbocycles. The molecule has 0 fully saturated rings. The van der Waals surface area contributed by atoms with Gasteiger partial charge in [-0.3, -0.25) is 4.79 Å². The van der Waals surface area contributed by atoms with E-state index in [1.54, 1.807) is 24.3 Å². The highest BCUT2D eigenvalue weighted by Gasteiger charge is 2.30. The molecule has 0 atom stereocenters. The quantitative estimate of drug-likeness (QED) is 0.414. The second-order valence-corrected chi connectivity index (χ2v) is 4.10. The lowest BCUT2D eigenvalue weighted by Gasteiger charge is -2.09. The van der Waals surface area contributed by atoms with Crippen molar-refractivity contribution in [3.8, 4) is 0 Å². The van der Waals surface area contributed by atoms with Gasteiger partial charge in [-0.1, -0.05) is 36.9 Å². The number of hydrogen-bond acceptors (Lipinski definition) is 1. The Hall–Kier alpha value is -1.58. The second-order valence-electron chi connectivity index (χ2n) is 4.10. The maximum atomic E-state index is 12.1. The predicted octanol–water partition coefficient (Wildman–Crippen LogP) is 4.55. The summed E-state index contributed by atoms with van der Waals surface area (Å²) in [5.41, 5.74) is -0.123. The van der Waals surface area contributed by atoms with Gasteiger partial charge in [0.2, 0.25) is 0 Å². The van der Waals surface area contributed by atoms with Gasteiger partial charge in [0, 0.05) is 17.6 Å². The van der Waals surface area contributed by atoms with Gasteiger partial charge >= 0.3 is 6.18 Å². The molecule has 0 spiro atoms. The van der Waals surface area contributed by atoms with Crippen LogP contribution >= 0.6 is 0 Å². The topological polar surface area (TPSA) is 17.1 Å². The Bertz CT molecular complexity index is 407. The van der Waals surface area contributed by atoms with Gasteiger partial charge in [0.25, 0.3) is 0 Å². The number of carbonyl (C=O) groups is 1. The summed E-state index contributed by atoms with van der Waals surface area (Å²) in [5, 5.41) is 0. The first-order chi connectivity index (χ1) is 8.41. The van der Waals surface area contributed by atoms with Crippen LogP contribution in [-0.4, -0.2) is 12.0 Å². The molecule has 18 heavy (non-hydrogen) atoms. The minimum atomic E-state index is -4.32. The van der Waals surface area contributed by atoms with E-state index in [0.717, 1.165) is 0 Å². The number of ketones is 1. The van der Waals surface area contributed by atoms with Crippen molar-refractivity contribution in [3.63, 3.8) is 0 Å². The van der Waals surface area contributed by atoms with Gasteiger partial charge in [0.1, 0.15) is 0 Å². The summed E-state index contributed by atoms with van der Waals surface area (Å²) in [6.45, 7) is 2.99. The number of unbranched alkanes of at least 4 members (excludes halogenated alkanes) is 1. The summed E-state index contributed by atoms with van der Waals surface area (Å²) in [6.07, 6.45) is -3.37. The summed E-state index contributed by atoms with van der Waals surface area (Å²) in [7, 11) is 0. The smallest absolute Gasteiger partial charge is 0.294 e. The first-order valence-electron chi connectivity index (χ1n) is 5.74. The van der Waals surface area contributed by atoms with E-state index < -0.39 is 11.7 Å². The van der Waals surface area contributed by atoms with E-state index in [4.69, 9.17) is 0 Å². The van der Waals surface area contributed by atoms with Crippen molar-refractivity contribution in [2.24, 2.45) is 0 Å². The van der Waals surface area contributed by atoms with Crippen molar-refractivity contribution in [3.05, 3.63) is 48.0 Å². The third-order valence-corrected chi connectivity index (χ3v) is 2.63. The third kappa shape index (κ3) is 4.73. The van der Waals surface area contributed by atoms with Gasteiger partial charge in [-0.15, -0.1) is 0 Å². The summed E-state index contributed by atoms with van der Waals surface area (Å²) in [5.74, 6) is -0.0341. The molecule has 0 heterocycles. The predicted molar refractivity (Wildman–Crippen MR) is 64.4 cm³/mol. The molecular weight excluding hydrogens is 241 g/mol. The molecule has 0 saturated heterocycles. The lowest BCUT2D eigenvalue weighted by molar-refractivity contribution is -0.0937. The molecule has 1 aromatic rings. The van der Waals surface area contributed by atoms with E-state index in [9.17, 15) is 18.0 Å². The van der Waals surface area contributed by atoms with Crippen LogP contribution in [0, 0.1) is 0 Å². The molecular formula is C14H15F3O. The second kappa shape index (κ2) is 6.38. The number of halogens is 3. The van der Waals surface area contributed by atoms with E-state index >= 15 is 0 Å². The average molecular weight is 256 g/mol. The fraction of sp³-hybridized carbons (Fsp3) is 0.357. The van der Waals surface area contributed by atoms with Crippen molar-refractivity contribution in [2.75, 3.05) is 0 Å². The first-order valence-corrected chi connectivity index (χ1v) is 5.74. The molecule has 1 nitrogen and oxygen atoms in total. The maximum Gasteiger partial charge on any atom is 0.412 e. The van der Waals surface area contributed by atoms with Crippen LogP contribution in [0.3, 0.4) is 0 Å². The molecule has 0 aromatic heterocycles. The van der Waals surface area contributed by atoms with Crippen molar-refractivity contribution < 1.29 is 18.0 Å². The van der Waals surface area contributed by atoms with Crippen LogP contribution in [0.5, 0.6) is 0 Å². The first kappa shape index (κ1) is 14.5. The summed E-state index contributed by atoms with van der Waals surface area (Å²) in [4.78, 5) is 11.6. The molecule has 0 amide bonds. The molecule has 1 rings (SSSR count). The Morgan fingerprint density at radius 3 is 2.17 bits per heavy atom. The van der Waals surface area contributed by atoms with Crippen molar-refractivity contribution in [2.45, 2.75) is 31.9 Å². The third-order valence-electron chi connectivity index (χ3n) is 2.63. The van der Waals surface area contributed by atoms with Gasteiger partial charge < -0.3 is 0 Å². The van der Waals surface area contributed by atoms with E-state index in [2.05, 4.69) is 6.58 Å². The summed E-state index contributed by atoms with van der Waals surface area (Å²) < 4.78 is 36.4. The van der Waals surface area contributed by atoms with Gasteiger partial charge in [-0.05, 0) is 19.3 Å². The number of benzene rings is 1. The standard InChI is InChI=1S/C14H15F3O/c1-11(14(15,16)17)7-5-6-10-13(18)12-8-3-2-4-9-12/h2-4,8-9H,1,5-7,10H2. The molecule has 4 heteroatoms. The normalized spacial score (nSPS) is 11.3. The number of alkyl halides is 3. The minimum Gasteiger partial charge on any atom is -0.294 e. The van der Waals surface area contributed by atoms with Crippen molar-refractivity contribution >= 4 is 5.78 Å². The Labute approximate surface area is 104 Å². The fourth-order valence-electron chi connectivity index (χ4n) is 1.53. The van der Waals surface area contributed by atoms with Crippen LogP contribution in [0.1, 0.15) is 36.0 Å². The molecule has 1 aromatic carbocycles. The minimum absolute atomic E-state index is 0.0341. The summed E-state index contributed by atoms with van der Waals surface area (Å²) in [6, 6.07) is 8.75. The largest absolute Gasteiger partial charge is 0.412 e. The lowest BCUT2D eigenvalue weighted by Crippen LogP contribution is -2.10. The Balaban J connectivity index is 2.27. The molecule has 0 unspecified atom stereocenters. The maximum absolute atomic E-state index is 12.1. The molecule has 0 aliphatic rings. The van der Waals surface area contributed by atoms with Crippen LogP contribution in [0.4, 0.5) is 13.2 Å². The lowest BCUT2D eigenvalue weighted by atomic mass is 10.0. The Kier molecular flexibility index (Phi) is 5.13. The molecule has 0 aliphatic heterocycles. The average Bonchev–Trinajstić information content (AvgIpc) is 2.34. The fourth-order valence-corrected chi connectivity index (χ4v) is 1.53. The van der Waals surface area contributed by atoms with E-state index in [1.165, 1.54) is 0 Å². The summed E-state index contributed by atoms with van der Waals surface area (Å²) >= 11 is 0. The van der Waals surface area contributed by atoms with Crippen LogP contribution in [0.2, 0.25) is 0 Å². The van der Waals surface area contributed by atoms with Crippen LogP contribution < -0.4 is 0 Å². The highest BCUT2D eigenvalue weighted by Crippen LogP contribution is 2.28. The SMILES string of the molecule is C=C(CCCCC(=O)c1ccccc1)C(F)(F)F. The van der Waals surface area contributed by atoms with Crippen molar-refractivity contribution in [1.29, 1.82) is 0 Å². The highest BCUT2D eigenvalue weighted by molar-refractivity contribution is 5.95. The number of hydrogen-bond donors (Lipinski definition) is 0. The molecule has 0 saturated carbocycles. The van der Waals surface area contributed by atoms with Crippen LogP contribution in [0.15, 0.2) is 42.5 Å². The van der Waals surface area contributed by atoms with Crippen LogP contribution in [0.25, 0.3) is 0 Å².